The van der Waals surface area contributed by atoms with E-state index >= 15 is 0 Å². The van der Waals surface area contributed by atoms with E-state index in [-0.39, 0.29) is 0 Å². The number of rotatable bonds is 5. The molecule has 2 heteroatoms. The van der Waals surface area contributed by atoms with Crippen LogP contribution in [0, 0.1) is 12.3 Å². The number of halogens is 1. The third-order valence-corrected chi connectivity index (χ3v) is 3.83. The fourth-order valence-corrected chi connectivity index (χ4v) is 2.48. The molecule has 1 fully saturated rings. The summed E-state index contributed by atoms with van der Waals surface area (Å²) in [7, 11) is 0. The molecule has 0 aliphatic heterocycles. The number of hydrogen-bond donors (Lipinski definition) is 1. The molecule has 0 unspecified atom stereocenters. The van der Waals surface area contributed by atoms with Gasteiger partial charge in [0.2, 0.25) is 0 Å². The molecule has 16 heavy (non-hydrogen) atoms. The van der Waals surface area contributed by atoms with Gasteiger partial charge < -0.3 is 5.32 Å². The summed E-state index contributed by atoms with van der Waals surface area (Å²) in [5, 5.41) is 4.39. The van der Waals surface area contributed by atoms with E-state index in [2.05, 4.69) is 37.4 Å². The third kappa shape index (κ3) is 2.78. The number of aryl methyl sites for hydroxylation is 1. The summed E-state index contributed by atoms with van der Waals surface area (Å²) >= 11 is 6.28. The Morgan fingerprint density at radius 3 is 2.69 bits per heavy atom. The molecule has 2 rings (SSSR count). The molecule has 0 radical (unpaired) electrons. The van der Waals surface area contributed by atoms with Crippen molar-refractivity contribution in [1.29, 1.82) is 0 Å². The Morgan fingerprint density at radius 1 is 1.38 bits per heavy atom. The van der Waals surface area contributed by atoms with Crippen molar-refractivity contribution in [1.82, 2.24) is 5.32 Å². The quantitative estimate of drug-likeness (QED) is 0.826. The van der Waals surface area contributed by atoms with E-state index in [1.165, 1.54) is 24.0 Å². The highest BCUT2D eigenvalue weighted by molar-refractivity contribution is 6.31. The molecule has 1 aromatic carbocycles. The average molecular weight is 238 g/mol. The first-order valence-corrected chi connectivity index (χ1v) is 6.49. The zero-order chi connectivity index (χ0) is 11.6. The van der Waals surface area contributed by atoms with Crippen molar-refractivity contribution in [2.45, 2.75) is 33.1 Å². The Morgan fingerprint density at radius 2 is 2.12 bits per heavy atom. The SMILES string of the molecule is CCNCC1(Cc2ccc(C)cc2Cl)CC1. The van der Waals surface area contributed by atoms with Crippen molar-refractivity contribution >= 4 is 11.6 Å². The van der Waals surface area contributed by atoms with Crippen LogP contribution in [0.3, 0.4) is 0 Å². The summed E-state index contributed by atoms with van der Waals surface area (Å²) in [6.07, 6.45) is 3.80. The van der Waals surface area contributed by atoms with Crippen molar-refractivity contribution in [2.24, 2.45) is 5.41 Å². The molecule has 1 N–H and O–H groups in total. The predicted octanol–water partition coefficient (Wildman–Crippen LogP) is 3.58. The lowest BCUT2D eigenvalue weighted by molar-refractivity contribution is 0.463. The Labute approximate surface area is 103 Å². The van der Waals surface area contributed by atoms with Crippen LogP contribution in [0.1, 0.15) is 30.9 Å². The minimum Gasteiger partial charge on any atom is -0.316 e. The van der Waals surface area contributed by atoms with E-state index in [0.717, 1.165) is 24.5 Å². The lowest BCUT2D eigenvalue weighted by Crippen LogP contribution is -2.25. The molecule has 0 amide bonds. The highest BCUT2D eigenvalue weighted by Gasteiger charge is 2.42. The predicted molar refractivity (Wildman–Crippen MR) is 70.1 cm³/mol. The summed E-state index contributed by atoms with van der Waals surface area (Å²) in [6.45, 7) is 6.44. The van der Waals surface area contributed by atoms with E-state index in [1.807, 2.05) is 0 Å². The van der Waals surface area contributed by atoms with Gasteiger partial charge in [-0.15, -0.1) is 0 Å². The van der Waals surface area contributed by atoms with Gasteiger partial charge in [0, 0.05) is 11.6 Å². The number of nitrogens with one attached hydrogen (secondary N) is 1. The van der Waals surface area contributed by atoms with E-state index in [0.29, 0.717) is 5.41 Å². The highest BCUT2D eigenvalue weighted by Crippen LogP contribution is 2.48. The minimum atomic E-state index is 0.495. The van der Waals surface area contributed by atoms with Crippen molar-refractivity contribution in [3.05, 3.63) is 34.3 Å². The summed E-state index contributed by atoms with van der Waals surface area (Å²) < 4.78 is 0. The van der Waals surface area contributed by atoms with Gasteiger partial charge in [-0.3, -0.25) is 0 Å². The fourth-order valence-electron chi connectivity index (χ4n) is 2.18. The molecule has 1 nitrogen and oxygen atoms in total. The zero-order valence-corrected chi connectivity index (χ0v) is 10.9. The molecule has 0 heterocycles. The monoisotopic (exact) mass is 237 g/mol. The highest BCUT2D eigenvalue weighted by atomic mass is 35.5. The van der Waals surface area contributed by atoms with Crippen molar-refractivity contribution in [2.75, 3.05) is 13.1 Å². The Hall–Kier alpha value is -0.530. The second-order valence-corrected chi connectivity index (χ2v) is 5.46. The van der Waals surface area contributed by atoms with Crippen molar-refractivity contribution in [3.8, 4) is 0 Å². The number of hydrogen-bond acceptors (Lipinski definition) is 1. The summed E-state index contributed by atoms with van der Waals surface area (Å²) in [5.74, 6) is 0. The van der Waals surface area contributed by atoms with Gasteiger partial charge in [-0.1, -0.05) is 30.7 Å². The Balaban J connectivity index is 2.03. The van der Waals surface area contributed by atoms with Gasteiger partial charge in [-0.25, -0.2) is 0 Å². The van der Waals surface area contributed by atoms with Crippen molar-refractivity contribution < 1.29 is 0 Å². The fraction of sp³-hybridized carbons (Fsp3) is 0.571. The molecule has 0 bridgehead atoms. The molecule has 0 aromatic heterocycles. The molecular formula is C14H20ClN. The van der Waals surface area contributed by atoms with E-state index in [4.69, 9.17) is 11.6 Å². The summed E-state index contributed by atoms with van der Waals surface area (Å²) in [5.41, 5.74) is 3.04. The van der Waals surface area contributed by atoms with Crippen LogP contribution in [0.15, 0.2) is 18.2 Å². The van der Waals surface area contributed by atoms with Crippen LogP contribution in [-0.2, 0) is 6.42 Å². The molecule has 1 aromatic rings. The van der Waals surface area contributed by atoms with Crippen LogP contribution < -0.4 is 5.32 Å². The van der Waals surface area contributed by atoms with Gasteiger partial charge in [0.15, 0.2) is 0 Å². The van der Waals surface area contributed by atoms with E-state index in [1.54, 1.807) is 0 Å². The molecule has 1 aliphatic carbocycles. The largest absolute Gasteiger partial charge is 0.316 e. The lowest BCUT2D eigenvalue weighted by Gasteiger charge is -2.16. The topological polar surface area (TPSA) is 12.0 Å². The second-order valence-electron chi connectivity index (χ2n) is 5.05. The van der Waals surface area contributed by atoms with Crippen LogP contribution in [0.5, 0.6) is 0 Å². The first-order valence-electron chi connectivity index (χ1n) is 6.11. The first kappa shape index (κ1) is 11.9. The van der Waals surface area contributed by atoms with Crippen LogP contribution in [0.4, 0.5) is 0 Å². The molecule has 1 saturated carbocycles. The van der Waals surface area contributed by atoms with E-state index in [9.17, 15) is 0 Å². The maximum absolute atomic E-state index is 6.28. The first-order chi connectivity index (χ1) is 7.65. The molecule has 0 saturated heterocycles. The zero-order valence-electron chi connectivity index (χ0n) is 10.1. The molecular weight excluding hydrogens is 218 g/mol. The maximum Gasteiger partial charge on any atom is 0.0440 e. The van der Waals surface area contributed by atoms with Gasteiger partial charge in [-0.05, 0) is 55.3 Å². The lowest BCUT2D eigenvalue weighted by atomic mass is 9.95. The van der Waals surface area contributed by atoms with Gasteiger partial charge in [0.05, 0.1) is 0 Å². The Bertz CT molecular complexity index is 369. The molecule has 1 aliphatic rings. The third-order valence-electron chi connectivity index (χ3n) is 3.48. The van der Waals surface area contributed by atoms with Crippen LogP contribution in [0.25, 0.3) is 0 Å². The van der Waals surface area contributed by atoms with Crippen LogP contribution in [-0.4, -0.2) is 13.1 Å². The second kappa shape index (κ2) is 4.77. The van der Waals surface area contributed by atoms with Gasteiger partial charge in [0.25, 0.3) is 0 Å². The molecule has 0 atom stereocenters. The minimum absolute atomic E-state index is 0.495. The maximum atomic E-state index is 6.28. The van der Waals surface area contributed by atoms with Gasteiger partial charge in [-0.2, -0.15) is 0 Å². The van der Waals surface area contributed by atoms with Crippen LogP contribution >= 0.6 is 11.6 Å². The standard InChI is InChI=1S/C14H20ClN/c1-3-16-10-14(6-7-14)9-12-5-4-11(2)8-13(12)15/h4-5,8,16H,3,6-7,9-10H2,1-2H3. The number of benzene rings is 1. The van der Waals surface area contributed by atoms with Gasteiger partial charge in [0.1, 0.15) is 0 Å². The Kier molecular flexibility index (Phi) is 3.56. The smallest absolute Gasteiger partial charge is 0.0440 e. The van der Waals surface area contributed by atoms with Crippen LogP contribution in [0.2, 0.25) is 5.02 Å². The molecule has 0 spiro atoms. The van der Waals surface area contributed by atoms with E-state index < -0.39 is 0 Å². The molecule has 88 valence electrons. The van der Waals surface area contributed by atoms with Gasteiger partial charge >= 0.3 is 0 Å². The van der Waals surface area contributed by atoms with Crippen molar-refractivity contribution in [3.63, 3.8) is 0 Å². The summed E-state index contributed by atoms with van der Waals surface area (Å²) in [4.78, 5) is 0. The normalized spacial score (nSPS) is 17.4. The summed E-state index contributed by atoms with van der Waals surface area (Å²) in [6, 6.07) is 6.41. The average Bonchev–Trinajstić information content (AvgIpc) is 3.00.